The summed E-state index contributed by atoms with van der Waals surface area (Å²) in [7, 11) is 4.57. The van der Waals surface area contributed by atoms with E-state index in [9.17, 15) is 9.59 Å². The third-order valence-electron chi connectivity index (χ3n) is 5.29. The Morgan fingerprint density at radius 2 is 1.68 bits per heavy atom. The minimum atomic E-state index is -0.170. The molecule has 2 amide bonds. The van der Waals surface area contributed by atoms with Gasteiger partial charge in [0, 0.05) is 31.7 Å². The van der Waals surface area contributed by atoms with Crippen molar-refractivity contribution in [3.05, 3.63) is 36.3 Å². The molecule has 0 spiro atoms. The maximum absolute atomic E-state index is 12.6. The number of nitrogens with zero attached hydrogens (tertiary/aromatic N) is 4. The second kappa shape index (κ2) is 10.5. The minimum absolute atomic E-state index is 0.0670. The summed E-state index contributed by atoms with van der Waals surface area (Å²) in [6.07, 6.45) is 1.47. The van der Waals surface area contributed by atoms with E-state index in [4.69, 9.17) is 23.0 Å². The van der Waals surface area contributed by atoms with Crippen molar-refractivity contribution in [2.45, 2.75) is 5.22 Å². The summed E-state index contributed by atoms with van der Waals surface area (Å²) in [4.78, 5) is 28.4. The topological polar surface area (TPSA) is 120 Å². The van der Waals surface area contributed by atoms with Gasteiger partial charge in [-0.2, -0.15) is 0 Å². The fourth-order valence-electron chi connectivity index (χ4n) is 3.52. The minimum Gasteiger partial charge on any atom is -0.493 e. The molecule has 4 rings (SSSR count). The Hall–Kier alpha value is -3.67. The Bertz CT molecular complexity index is 1120. The van der Waals surface area contributed by atoms with Gasteiger partial charge in [0.15, 0.2) is 17.3 Å². The van der Waals surface area contributed by atoms with Crippen molar-refractivity contribution in [2.24, 2.45) is 0 Å². The Labute approximate surface area is 199 Å². The number of thioether (sulfide) groups is 1. The zero-order chi connectivity index (χ0) is 24.1. The summed E-state index contributed by atoms with van der Waals surface area (Å²) in [5.74, 6) is 1.85. The molecular formula is C22H24N4O7S. The standard InChI is InChI=1S/C22H24N4O7S/c1-29-16-11-14(12-17(30-2)19(16)31-3)20-23-24-22(33-20)34-13-18(27)25-6-8-26(9-7-25)21(28)15-5-4-10-32-15/h4-5,10-12H,6-9,13H2,1-3H3. The molecule has 1 fully saturated rings. The van der Waals surface area contributed by atoms with Crippen LogP contribution in [0.1, 0.15) is 10.6 Å². The molecule has 0 radical (unpaired) electrons. The second-order valence-electron chi connectivity index (χ2n) is 7.23. The number of ether oxygens (including phenoxy) is 3. The second-order valence-corrected chi connectivity index (χ2v) is 8.15. The molecule has 0 bridgehead atoms. The Morgan fingerprint density at radius 3 is 2.26 bits per heavy atom. The molecule has 0 N–H and O–H groups in total. The molecule has 0 unspecified atom stereocenters. The van der Waals surface area contributed by atoms with E-state index in [1.165, 1.54) is 27.6 Å². The number of aromatic nitrogens is 2. The van der Waals surface area contributed by atoms with Crippen LogP contribution < -0.4 is 14.2 Å². The van der Waals surface area contributed by atoms with Crippen molar-refractivity contribution in [1.29, 1.82) is 0 Å². The van der Waals surface area contributed by atoms with Crippen LogP contribution in [0.5, 0.6) is 17.2 Å². The van der Waals surface area contributed by atoms with Crippen molar-refractivity contribution in [3.8, 4) is 28.7 Å². The van der Waals surface area contributed by atoms with Crippen LogP contribution in [0.3, 0.4) is 0 Å². The van der Waals surface area contributed by atoms with Gasteiger partial charge in [-0.15, -0.1) is 10.2 Å². The molecular weight excluding hydrogens is 464 g/mol. The van der Waals surface area contributed by atoms with Crippen molar-refractivity contribution in [3.63, 3.8) is 0 Å². The molecule has 3 heterocycles. The monoisotopic (exact) mass is 488 g/mol. The molecule has 180 valence electrons. The van der Waals surface area contributed by atoms with Gasteiger partial charge in [-0.1, -0.05) is 11.8 Å². The first-order valence-corrected chi connectivity index (χ1v) is 11.4. The Morgan fingerprint density at radius 1 is 1.00 bits per heavy atom. The van der Waals surface area contributed by atoms with E-state index < -0.39 is 0 Å². The molecule has 12 heteroatoms. The number of piperazine rings is 1. The van der Waals surface area contributed by atoms with Gasteiger partial charge >= 0.3 is 0 Å². The van der Waals surface area contributed by atoms with E-state index in [0.29, 0.717) is 54.8 Å². The van der Waals surface area contributed by atoms with Gasteiger partial charge in [0.05, 0.1) is 33.3 Å². The first kappa shape index (κ1) is 23.5. The molecule has 0 saturated carbocycles. The average Bonchev–Trinajstić information content (AvgIpc) is 3.58. The first-order chi connectivity index (χ1) is 16.5. The molecule has 34 heavy (non-hydrogen) atoms. The van der Waals surface area contributed by atoms with Gasteiger partial charge in [0.25, 0.3) is 11.1 Å². The number of hydrogen-bond acceptors (Lipinski definition) is 10. The van der Waals surface area contributed by atoms with Crippen LogP contribution in [-0.2, 0) is 4.79 Å². The number of carbonyl (C=O) groups is 2. The highest BCUT2D eigenvalue weighted by molar-refractivity contribution is 7.99. The molecule has 1 aromatic carbocycles. The number of amides is 2. The summed E-state index contributed by atoms with van der Waals surface area (Å²) in [5, 5.41) is 8.36. The SMILES string of the molecule is COc1cc(-c2nnc(SCC(=O)N3CCN(C(=O)c4ccco4)CC3)o2)cc(OC)c1OC. The largest absolute Gasteiger partial charge is 0.493 e. The first-order valence-electron chi connectivity index (χ1n) is 10.4. The molecule has 0 atom stereocenters. The fourth-order valence-corrected chi connectivity index (χ4v) is 4.19. The van der Waals surface area contributed by atoms with E-state index in [1.807, 2.05) is 0 Å². The molecule has 1 saturated heterocycles. The highest BCUT2D eigenvalue weighted by Crippen LogP contribution is 2.41. The smallest absolute Gasteiger partial charge is 0.289 e. The molecule has 0 aliphatic carbocycles. The summed E-state index contributed by atoms with van der Waals surface area (Å²) in [6, 6.07) is 6.72. The number of carbonyl (C=O) groups excluding carboxylic acids is 2. The van der Waals surface area contributed by atoms with Gasteiger partial charge in [-0.25, -0.2) is 0 Å². The van der Waals surface area contributed by atoms with Crippen LogP contribution in [0.15, 0.2) is 44.6 Å². The number of furan rings is 1. The maximum atomic E-state index is 12.6. The number of hydrogen-bond donors (Lipinski definition) is 0. The highest BCUT2D eigenvalue weighted by Gasteiger charge is 2.26. The molecule has 1 aliphatic heterocycles. The highest BCUT2D eigenvalue weighted by atomic mass is 32.2. The Balaban J connectivity index is 1.33. The summed E-state index contributed by atoms with van der Waals surface area (Å²) >= 11 is 1.16. The molecule has 2 aromatic heterocycles. The van der Waals surface area contributed by atoms with Crippen molar-refractivity contribution in [2.75, 3.05) is 53.3 Å². The quantitative estimate of drug-likeness (QED) is 0.437. The lowest BCUT2D eigenvalue weighted by atomic mass is 10.2. The van der Waals surface area contributed by atoms with Gasteiger partial charge in [-0.3, -0.25) is 9.59 Å². The normalized spacial score (nSPS) is 13.6. The van der Waals surface area contributed by atoms with Crippen LogP contribution >= 0.6 is 11.8 Å². The number of rotatable bonds is 8. The maximum Gasteiger partial charge on any atom is 0.289 e. The van der Waals surface area contributed by atoms with Crippen LogP contribution in [0, 0.1) is 0 Å². The number of benzene rings is 1. The third-order valence-corrected chi connectivity index (χ3v) is 6.09. The van der Waals surface area contributed by atoms with Crippen LogP contribution in [0.25, 0.3) is 11.5 Å². The van der Waals surface area contributed by atoms with Gasteiger partial charge in [-0.05, 0) is 24.3 Å². The van der Waals surface area contributed by atoms with Crippen LogP contribution in [0.2, 0.25) is 0 Å². The lowest BCUT2D eigenvalue weighted by Gasteiger charge is -2.34. The zero-order valence-electron chi connectivity index (χ0n) is 19.0. The summed E-state index contributed by atoms with van der Waals surface area (Å²) in [5.41, 5.74) is 0.595. The number of methoxy groups -OCH3 is 3. The predicted molar refractivity (Wildman–Crippen MR) is 121 cm³/mol. The van der Waals surface area contributed by atoms with Gasteiger partial charge in [0.1, 0.15) is 0 Å². The zero-order valence-corrected chi connectivity index (χ0v) is 19.8. The molecule has 3 aromatic rings. The Kier molecular flexibility index (Phi) is 7.26. The van der Waals surface area contributed by atoms with E-state index in [-0.39, 0.29) is 28.7 Å². The van der Waals surface area contributed by atoms with E-state index in [1.54, 1.807) is 34.1 Å². The van der Waals surface area contributed by atoms with E-state index in [0.717, 1.165) is 11.8 Å². The van der Waals surface area contributed by atoms with E-state index in [2.05, 4.69) is 10.2 Å². The lowest BCUT2D eigenvalue weighted by Crippen LogP contribution is -2.51. The van der Waals surface area contributed by atoms with Crippen molar-refractivity contribution in [1.82, 2.24) is 20.0 Å². The molecule has 11 nitrogen and oxygen atoms in total. The van der Waals surface area contributed by atoms with Crippen LogP contribution in [0.4, 0.5) is 0 Å². The van der Waals surface area contributed by atoms with Crippen molar-refractivity contribution >= 4 is 23.6 Å². The fraction of sp³-hybridized carbons (Fsp3) is 0.364. The molecule has 1 aliphatic rings. The van der Waals surface area contributed by atoms with Gasteiger partial charge in [0.2, 0.25) is 17.5 Å². The van der Waals surface area contributed by atoms with Crippen molar-refractivity contribution < 1.29 is 32.6 Å². The predicted octanol–water partition coefficient (Wildman–Crippen LogP) is 2.43. The average molecular weight is 489 g/mol. The van der Waals surface area contributed by atoms with E-state index >= 15 is 0 Å². The summed E-state index contributed by atoms with van der Waals surface area (Å²) < 4.78 is 26.9. The van der Waals surface area contributed by atoms with Gasteiger partial charge < -0.3 is 32.8 Å². The third kappa shape index (κ3) is 4.96. The lowest BCUT2D eigenvalue weighted by molar-refractivity contribution is -0.129. The van der Waals surface area contributed by atoms with Crippen LogP contribution in [-0.4, -0.2) is 85.1 Å². The summed E-state index contributed by atoms with van der Waals surface area (Å²) in [6.45, 7) is 1.79.